The van der Waals surface area contributed by atoms with Crippen molar-refractivity contribution in [3.8, 4) is 17.9 Å². The molecule has 0 saturated carbocycles. The number of nitrogens with one attached hydrogen (secondary N) is 1. The highest BCUT2D eigenvalue weighted by Crippen LogP contribution is 2.29. The van der Waals surface area contributed by atoms with Gasteiger partial charge in [-0.3, -0.25) is 0 Å². The number of nitrogen functional groups attached to an aromatic ring is 1. The molecule has 0 saturated heterocycles. The molecule has 0 unspecified atom stereocenters. The van der Waals surface area contributed by atoms with E-state index in [1.54, 1.807) is 24.3 Å². The molecule has 112 valence electrons. The number of hydrogen-bond donors (Lipinski definition) is 2. The number of rotatable bonds is 3. The van der Waals surface area contributed by atoms with Gasteiger partial charge in [0.05, 0.1) is 36.3 Å². The van der Waals surface area contributed by atoms with Gasteiger partial charge in [-0.2, -0.15) is 15.0 Å². The fraction of sp³-hybridized carbons (Fsp3) is 0.0667. The first kappa shape index (κ1) is 14.2. The highest BCUT2D eigenvalue weighted by molar-refractivity contribution is 5.72. The van der Waals surface area contributed by atoms with Crippen molar-refractivity contribution in [3.63, 3.8) is 0 Å². The van der Waals surface area contributed by atoms with Gasteiger partial charge >= 0.3 is 0 Å². The van der Waals surface area contributed by atoms with Crippen molar-refractivity contribution in [1.29, 1.82) is 10.5 Å². The molecule has 2 aromatic heterocycles. The summed E-state index contributed by atoms with van der Waals surface area (Å²) in [5, 5.41) is 25.4. The van der Waals surface area contributed by atoms with Gasteiger partial charge in [0.15, 0.2) is 17.2 Å². The maximum absolute atomic E-state index is 9.08. The highest BCUT2D eigenvalue weighted by atomic mass is 16.5. The number of anilines is 3. The van der Waals surface area contributed by atoms with E-state index in [-0.39, 0.29) is 5.69 Å². The van der Waals surface area contributed by atoms with Crippen LogP contribution >= 0.6 is 0 Å². The molecule has 0 aliphatic heterocycles. The van der Waals surface area contributed by atoms with Crippen molar-refractivity contribution in [1.82, 2.24) is 14.6 Å². The first-order valence-corrected chi connectivity index (χ1v) is 6.55. The predicted octanol–water partition coefficient (Wildman–Crippen LogP) is 1.81. The Labute approximate surface area is 131 Å². The molecular weight excluding hydrogens is 294 g/mol. The molecule has 0 aliphatic rings. The number of nitrogens with zero attached hydrogens (tertiary/aromatic N) is 5. The number of imidazole rings is 1. The number of aromatic nitrogens is 3. The Morgan fingerprint density at radius 2 is 2.09 bits per heavy atom. The lowest BCUT2D eigenvalue weighted by atomic mass is 10.2. The molecule has 8 nitrogen and oxygen atoms in total. The van der Waals surface area contributed by atoms with Crippen molar-refractivity contribution >= 4 is 22.8 Å². The minimum absolute atomic E-state index is 0.271. The Bertz CT molecular complexity index is 978. The molecule has 0 amide bonds. The molecule has 0 radical (unpaired) electrons. The van der Waals surface area contributed by atoms with Crippen LogP contribution in [0.4, 0.5) is 17.2 Å². The molecule has 0 spiro atoms. The van der Waals surface area contributed by atoms with Crippen LogP contribution in [-0.4, -0.2) is 21.7 Å². The Morgan fingerprint density at radius 1 is 1.26 bits per heavy atom. The van der Waals surface area contributed by atoms with E-state index < -0.39 is 0 Å². The molecule has 1 aromatic carbocycles. The van der Waals surface area contributed by atoms with Crippen LogP contribution in [0.25, 0.3) is 5.65 Å². The molecule has 0 atom stereocenters. The summed E-state index contributed by atoms with van der Waals surface area (Å²) in [5.41, 5.74) is 8.04. The van der Waals surface area contributed by atoms with E-state index in [0.29, 0.717) is 34.2 Å². The van der Waals surface area contributed by atoms with Crippen LogP contribution in [0, 0.1) is 22.7 Å². The van der Waals surface area contributed by atoms with E-state index in [1.165, 1.54) is 17.8 Å². The number of nitrogens with two attached hydrogens (primary N) is 1. The van der Waals surface area contributed by atoms with Crippen molar-refractivity contribution in [3.05, 3.63) is 41.7 Å². The van der Waals surface area contributed by atoms with E-state index in [0.717, 1.165) is 0 Å². The zero-order chi connectivity index (χ0) is 16.4. The maximum atomic E-state index is 9.08. The van der Waals surface area contributed by atoms with Gasteiger partial charge in [-0.1, -0.05) is 0 Å². The lowest BCUT2D eigenvalue weighted by molar-refractivity contribution is 0.417. The van der Waals surface area contributed by atoms with Gasteiger partial charge in [0.2, 0.25) is 0 Å². The monoisotopic (exact) mass is 305 g/mol. The van der Waals surface area contributed by atoms with Gasteiger partial charge in [0.1, 0.15) is 11.8 Å². The Kier molecular flexibility index (Phi) is 3.41. The summed E-state index contributed by atoms with van der Waals surface area (Å²) in [5.74, 6) is 0.952. The molecule has 23 heavy (non-hydrogen) atoms. The minimum Gasteiger partial charge on any atom is -0.495 e. The largest absolute Gasteiger partial charge is 0.495 e. The molecule has 0 fully saturated rings. The van der Waals surface area contributed by atoms with Gasteiger partial charge in [-0.05, 0) is 18.2 Å². The smallest absolute Gasteiger partial charge is 0.178 e. The first-order valence-electron chi connectivity index (χ1n) is 6.55. The summed E-state index contributed by atoms with van der Waals surface area (Å²) in [4.78, 5) is 4.06. The minimum atomic E-state index is 0.271. The van der Waals surface area contributed by atoms with Crippen LogP contribution < -0.4 is 15.8 Å². The maximum Gasteiger partial charge on any atom is 0.178 e. The topological polar surface area (TPSA) is 125 Å². The molecule has 8 heteroatoms. The second-order valence-corrected chi connectivity index (χ2v) is 4.63. The van der Waals surface area contributed by atoms with Gasteiger partial charge in [0.25, 0.3) is 0 Å². The van der Waals surface area contributed by atoms with Crippen molar-refractivity contribution in [2.75, 3.05) is 18.2 Å². The van der Waals surface area contributed by atoms with Crippen LogP contribution in [0.15, 0.2) is 30.5 Å². The number of fused-ring (bicyclic) bond motifs is 1. The summed E-state index contributed by atoms with van der Waals surface area (Å²) >= 11 is 0. The molecule has 3 N–H and O–H groups in total. The standard InChI is InChI=1S/C15H11N7O/c1-23-13-3-2-9(6-16)4-12(13)20-14-5-11(18)15-19-8-10(7-17)22(15)21-14/h2-5,8H,18H2,1H3,(H,20,21). The number of benzene rings is 1. The molecule has 0 aliphatic carbocycles. The average molecular weight is 305 g/mol. The van der Waals surface area contributed by atoms with Crippen molar-refractivity contribution in [2.45, 2.75) is 0 Å². The van der Waals surface area contributed by atoms with Gasteiger partial charge in [-0.25, -0.2) is 4.98 Å². The van der Waals surface area contributed by atoms with Crippen LogP contribution in [-0.2, 0) is 0 Å². The third-order valence-corrected chi connectivity index (χ3v) is 3.20. The van der Waals surface area contributed by atoms with Crippen LogP contribution in [0.1, 0.15) is 11.3 Å². The summed E-state index contributed by atoms with van der Waals surface area (Å²) in [6.07, 6.45) is 1.40. The normalized spacial score (nSPS) is 10.0. The van der Waals surface area contributed by atoms with E-state index >= 15 is 0 Å². The van der Waals surface area contributed by atoms with E-state index in [2.05, 4.69) is 21.5 Å². The number of ether oxygens (including phenoxy) is 1. The summed E-state index contributed by atoms with van der Waals surface area (Å²) < 4.78 is 6.62. The van der Waals surface area contributed by atoms with Crippen molar-refractivity contribution in [2.24, 2.45) is 0 Å². The molecule has 0 bridgehead atoms. The zero-order valence-corrected chi connectivity index (χ0v) is 12.1. The van der Waals surface area contributed by atoms with Gasteiger partial charge in [-0.15, -0.1) is 5.10 Å². The van der Waals surface area contributed by atoms with Crippen LogP contribution in [0.5, 0.6) is 5.75 Å². The first-order chi connectivity index (χ1) is 11.2. The average Bonchev–Trinajstić information content (AvgIpc) is 2.98. The third-order valence-electron chi connectivity index (χ3n) is 3.20. The zero-order valence-electron chi connectivity index (χ0n) is 12.1. The van der Waals surface area contributed by atoms with E-state index in [1.807, 2.05) is 6.07 Å². The fourth-order valence-corrected chi connectivity index (χ4v) is 2.14. The summed E-state index contributed by atoms with van der Waals surface area (Å²) in [6, 6.07) is 10.6. The van der Waals surface area contributed by atoms with E-state index in [4.69, 9.17) is 21.0 Å². The fourth-order valence-electron chi connectivity index (χ4n) is 2.14. The predicted molar refractivity (Wildman–Crippen MR) is 83.1 cm³/mol. The molecule has 3 aromatic rings. The molecular formula is C15H11N7O. The number of nitriles is 2. The van der Waals surface area contributed by atoms with Crippen molar-refractivity contribution < 1.29 is 4.74 Å². The highest BCUT2D eigenvalue weighted by Gasteiger charge is 2.11. The Hall–Kier alpha value is -3.78. The van der Waals surface area contributed by atoms with Gasteiger partial charge in [0, 0.05) is 6.07 Å². The molecule has 2 heterocycles. The summed E-state index contributed by atoms with van der Waals surface area (Å²) in [7, 11) is 1.53. The van der Waals surface area contributed by atoms with Gasteiger partial charge < -0.3 is 15.8 Å². The van der Waals surface area contributed by atoms with Crippen LogP contribution in [0.2, 0.25) is 0 Å². The Balaban J connectivity index is 2.09. The van der Waals surface area contributed by atoms with Crippen LogP contribution in [0.3, 0.4) is 0 Å². The SMILES string of the molecule is COc1ccc(C#N)cc1Nc1cc(N)c2ncc(C#N)n2n1. The number of hydrogen-bond acceptors (Lipinski definition) is 7. The summed E-state index contributed by atoms with van der Waals surface area (Å²) in [6.45, 7) is 0. The van der Waals surface area contributed by atoms with E-state index in [9.17, 15) is 0 Å². The second-order valence-electron chi connectivity index (χ2n) is 4.63. The Morgan fingerprint density at radius 3 is 2.78 bits per heavy atom. The molecule has 3 rings (SSSR count). The lowest BCUT2D eigenvalue weighted by Gasteiger charge is -2.11. The lowest BCUT2D eigenvalue weighted by Crippen LogP contribution is -2.04. The quantitative estimate of drug-likeness (QED) is 0.755. The second kappa shape index (κ2) is 5.54. The number of methoxy groups -OCH3 is 1. The third kappa shape index (κ3) is 2.45.